The highest BCUT2D eigenvalue weighted by molar-refractivity contribution is 7.15. The first-order valence-electron chi connectivity index (χ1n) is 5.81. The molecule has 0 aliphatic carbocycles. The van der Waals surface area contributed by atoms with Crippen molar-refractivity contribution in [1.82, 2.24) is 15.1 Å². The number of ether oxygens (including phenoxy) is 1. The summed E-state index contributed by atoms with van der Waals surface area (Å²) in [5, 5.41) is 4.74. The number of nitrogens with zero attached hydrogens (tertiary/aromatic N) is 3. The van der Waals surface area contributed by atoms with Gasteiger partial charge in [-0.1, -0.05) is 12.1 Å². The van der Waals surface area contributed by atoms with E-state index in [4.69, 9.17) is 15.0 Å². The highest BCUT2D eigenvalue weighted by Crippen LogP contribution is 2.28. The molecule has 0 bridgehead atoms. The minimum Gasteiger partial charge on any atom is -0.373 e. The summed E-state index contributed by atoms with van der Waals surface area (Å²) < 4.78 is 10.6. The lowest BCUT2D eigenvalue weighted by Gasteiger charge is -1.95. The Morgan fingerprint density at radius 2 is 2.22 bits per heavy atom. The minimum absolute atomic E-state index is 0.374. The van der Waals surface area contributed by atoms with E-state index >= 15 is 0 Å². The number of aryl methyl sites for hydroxylation is 1. The van der Waals surface area contributed by atoms with Gasteiger partial charge in [-0.25, -0.2) is 4.98 Å². The molecule has 0 saturated heterocycles. The second kappa shape index (κ2) is 6.03. The SMILES string of the molecule is CCCOCc1noc(-c2sc(CN)nc2C)n1. The summed E-state index contributed by atoms with van der Waals surface area (Å²) in [5.41, 5.74) is 6.42. The van der Waals surface area contributed by atoms with Crippen molar-refractivity contribution in [1.29, 1.82) is 0 Å². The van der Waals surface area contributed by atoms with Gasteiger partial charge in [0.25, 0.3) is 5.89 Å². The number of aromatic nitrogens is 3. The molecule has 2 rings (SSSR count). The summed E-state index contributed by atoms with van der Waals surface area (Å²) in [4.78, 5) is 9.49. The molecule has 0 aromatic carbocycles. The van der Waals surface area contributed by atoms with Gasteiger partial charge in [0.15, 0.2) is 5.82 Å². The first kappa shape index (κ1) is 13.1. The monoisotopic (exact) mass is 268 g/mol. The molecule has 0 aliphatic heterocycles. The normalized spacial score (nSPS) is 11.1. The molecular weight excluding hydrogens is 252 g/mol. The quantitative estimate of drug-likeness (QED) is 0.805. The van der Waals surface area contributed by atoms with Gasteiger partial charge in [0.05, 0.1) is 5.69 Å². The van der Waals surface area contributed by atoms with Gasteiger partial charge in [-0.15, -0.1) is 11.3 Å². The number of hydrogen-bond donors (Lipinski definition) is 1. The number of rotatable bonds is 6. The van der Waals surface area contributed by atoms with Crippen molar-refractivity contribution in [3.8, 4) is 10.8 Å². The third-order valence-corrected chi connectivity index (χ3v) is 3.43. The molecule has 98 valence electrons. The van der Waals surface area contributed by atoms with Gasteiger partial charge in [-0.2, -0.15) is 4.98 Å². The van der Waals surface area contributed by atoms with Crippen LogP contribution in [0.2, 0.25) is 0 Å². The fraction of sp³-hybridized carbons (Fsp3) is 0.545. The number of hydrogen-bond acceptors (Lipinski definition) is 7. The van der Waals surface area contributed by atoms with Crippen LogP contribution >= 0.6 is 11.3 Å². The van der Waals surface area contributed by atoms with Crippen molar-refractivity contribution in [2.24, 2.45) is 5.73 Å². The Kier molecular flexibility index (Phi) is 4.40. The molecule has 0 fully saturated rings. The van der Waals surface area contributed by atoms with Gasteiger partial charge in [0, 0.05) is 13.2 Å². The lowest BCUT2D eigenvalue weighted by molar-refractivity contribution is 0.114. The Balaban J connectivity index is 2.11. The van der Waals surface area contributed by atoms with Crippen LogP contribution in [0.4, 0.5) is 0 Å². The number of nitrogens with two attached hydrogens (primary N) is 1. The highest BCUT2D eigenvalue weighted by atomic mass is 32.1. The molecule has 6 nitrogen and oxygen atoms in total. The zero-order valence-corrected chi connectivity index (χ0v) is 11.3. The van der Waals surface area contributed by atoms with Gasteiger partial charge in [-0.3, -0.25) is 0 Å². The zero-order valence-electron chi connectivity index (χ0n) is 10.5. The van der Waals surface area contributed by atoms with E-state index in [0.29, 0.717) is 31.5 Å². The minimum atomic E-state index is 0.374. The second-order valence-corrected chi connectivity index (χ2v) is 4.88. The fourth-order valence-corrected chi connectivity index (χ4v) is 2.32. The Morgan fingerprint density at radius 1 is 1.39 bits per heavy atom. The third-order valence-electron chi connectivity index (χ3n) is 2.26. The van der Waals surface area contributed by atoms with Crippen molar-refractivity contribution >= 4 is 11.3 Å². The maximum absolute atomic E-state index is 5.56. The van der Waals surface area contributed by atoms with Crippen molar-refractivity contribution in [2.75, 3.05) is 6.61 Å². The molecule has 0 radical (unpaired) electrons. The molecule has 0 spiro atoms. The van der Waals surface area contributed by atoms with E-state index in [1.54, 1.807) is 0 Å². The van der Waals surface area contributed by atoms with E-state index in [1.807, 2.05) is 6.92 Å². The van der Waals surface area contributed by atoms with E-state index in [9.17, 15) is 0 Å². The average Bonchev–Trinajstić information content (AvgIpc) is 2.96. The Hall–Kier alpha value is -1.31. The molecule has 2 aromatic heterocycles. The molecule has 2 heterocycles. The first-order chi connectivity index (χ1) is 8.74. The van der Waals surface area contributed by atoms with Crippen LogP contribution in [0.25, 0.3) is 10.8 Å². The summed E-state index contributed by atoms with van der Waals surface area (Å²) in [6.07, 6.45) is 0.971. The van der Waals surface area contributed by atoms with Gasteiger partial charge in [-0.05, 0) is 13.3 Å². The summed E-state index contributed by atoms with van der Waals surface area (Å²) in [6, 6.07) is 0. The van der Waals surface area contributed by atoms with Gasteiger partial charge >= 0.3 is 0 Å². The molecule has 7 heteroatoms. The van der Waals surface area contributed by atoms with Gasteiger partial charge in [0.2, 0.25) is 0 Å². The van der Waals surface area contributed by atoms with Gasteiger partial charge in [0.1, 0.15) is 16.5 Å². The summed E-state index contributed by atoms with van der Waals surface area (Å²) in [5.74, 6) is 1.04. The predicted octanol–water partition coefficient (Wildman–Crippen LogP) is 1.89. The van der Waals surface area contributed by atoms with Crippen LogP contribution in [0.5, 0.6) is 0 Å². The van der Waals surface area contributed by atoms with E-state index < -0.39 is 0 Å². The maximum Gasteiger partial charge on any atom is 0.270 e. The van der Waals surface area contributed by atoms with Crippen LogP contribution in [-0.2, 0) is 17.9 Å². The molecular formula is C11H16N4O2S. The van der Waals surface area contributed by atoms with E-state index in [2.05, 4.69) is 22.0 Å². The van der Waals surface area contributed by atoms with Crippen molar-refractivity contribution < 1.29 is 9.26 Å². The molecule has 0 saturated carbocycles. The summed E-state index contributed by atoms with van der Waals surface area (Å²) in [6.45, 7) is 5.45. The van der Waals surface area contributed by atoms with Crippen LogP contribution in [0.1, 0.15) is 29.9 Å². The van der Waals surface area contributed by atoms with Crippen LogP contribution in [-0.4, -0.2) is 21.7 Å². The number of thiazole rings is 1. The Bertz CT molecular complexity index is 509. The lowest BCUT2D eigenvalue weighted by Crippen LogP contribution is -1.95. The van der Waals surface area contributed by atoms with Crippen molar-refractivity contribution in [3.05, 3.63) is 16.5 Å². The van der Waals surface area contributed by atoms with Crippen LogP contribution < -0.4 is 5.73 Å². The molecule has 0 atom stereocenters. The lowest BCUT2D eigenvalue weighted by atomic mass is 10.4. The van der Waals surface area contributed by atoms with Crippen molar-refractivity contribution in [2.45, 2.75) is 33.4 Å². The fourth-order valence-electron chi connectivity index (χ4n) is 1.45. The third kappa shape index (κ3) is 2.92. The van der Waals surface area contributed by atoms with Crippen LogP contribution in [0, 0.1) is 6.92 Å². The standard InChI is InChI=1S/C11H16N4O2S/c1-3-4-16-6-8-14-11(17-15-8)10-7(2)13-9(5-12)18-10/h3-6,12H2,1-2H3. The Morgan fingerprint density at radius 3 is 2.89 bits per heavy atom. The van der Waals surface area contributed by atoms with Crippen molar-refractivity contribution in [3.63, 3.8) is 0 Å². The van der Waals surface area contributed by atoms with Crippen LogP contribution in [0.3, 0.4) is 0 Å². The average molecular weight is 268 g/mol. The summed E-state index contributed by atoms with van der Waals surface area (Å²) >= 11 is 1.48. The van der Waals surface area contributed by atoms with E-state index in [0.717, 1.165) is 22.0 Å². The van der Waals surface area contributed by atoms with Crippen LogP contribution in [0.15, 0.2) is 4.52 Å². The smallest absolute Gasteiger partial charge is 0.270 e. The highest BCUT2D eigenvalue weighted by Gasteiger charge is 2.15. The zero-order chi connectivity index (χ0) is 13.0. The molecule has 2 aromatic rings. The molecule has 0 amide bonds. The van der Waals surface area contributed by atoms with E-state index in [1.165, 1.54) is 11.3 Å². The topological polar surface area (TPSA) is 87.1 Å². The summed E-state index contributed by atoms with van der Waals surface area (Å²) in [7, 11) is 0. The first-order valence-corrected chi connectivity index (χ1v) is 6.63. The molecule has 0 aliphatic rings. The molecule has 0 unspecified atom stereocenters. The Labute approximate surface area is 109 Å². The van der Waals surface area contributed by atoms with Gasteiger partial charge < -0.3 is 15.0 Å². The molecule has 2 N–H and O–H groups in total. The largest absolute Gasteiger partial charge is 0.373 e. The predicted molar refractivity (Wildman–Crippen MR) is 68.0 cm³/mol. The maximum atomic E-state index is 5.56. The second-order valence-electron chi connectivity index (χ2n) is 3.79. The molecule has 18 heavy (non-hydrogen) atoms. The van der Waals surface area contributed by atoms with E-state index in [-0.39, 0.29) is 0 Å².